The summed E-state index contributed by atoms with van der Waals surface area (Å²) < 4.78 is 5.24. The zero-order valence-electron chi connectivity index (χ0n) is 15.6. The van der Waals surface area contributed by atoms with E-state index in [4.69, 9.17) is 14.8 Å². The number of aryl methyl sites for hydroxylation is 1. The molecule has 7 heteroatoms. The number of rotatable bonds is 3. The molecule has 0 saturated heterocycles. The van der Waals surface area contributed by atoms with Gasteiger partial charge in [-0.3, -0.25) is 4.98 Å². The molecule has 0 spiro atoms. The Hall–Kier alpha value is -4.18. The van der Waals surface area contributed by atoms with Gasteiger partial charge in [-0.15, -0.1) is 0 Å². The number of nitrogens with one attached hydrogen (secondary N) is 1. The van der Waals surface area contributed by atoms with Crippen molar-refractivity contribution in [2.75, 3.05) is 11.4 Å². The Kier molecular flexibility index (Phi) is 3.96. The molecule has 4 heterocycles. The molecular formula is C22H16N6O. The summed E-state index contributed by atoms with van der Waals surface area (Å²) in [4.78, 5) is 15.0. The van der Waals surface area contributed by atoms with Gasteiger partial charge in [0.1, 0.15) is 11.5 Å². The number of anilines is 1. The summed E-state index contributed by atoms with van der Waals surface area (Å²) in [6.45, 7) is 2.57. The zero-order chi connectivity index (χ0) is 19.8. The number of aromatic amines is 1. The van der Waals surface area contributed by atoms with Crippen LogP contribution in [0.2, 0.25) is 0 Å². The van der Waals surface area contributed by atoms with Gasteiger partial charge in [-0.05, 0) is 49.4 Å². The van der Waals surface area contributed by atoms with E-state index in [0.717, 1.165) is 39.1 Å². The zero-order valence-corrected chi connectivity index (χ0v) is 15.6. The molecule has 0 unspecified atom stereocenters. The SMILES string of the molecule is Cc1cccc(-c2[nH]c(-c3ccc(C#N)cc3)nc2N2C=c3cnoc3=CC2)n1. The fourth-order valence-corrected chi connectivity index (χ4v) is 3.33. The van der Waals surface area contributed by atoms with Gasteiger partial charge in [0.15, 0.2) is 11.2 Å². The summed E-state index contributed by atoms with van der Waals surface area (Å²) in [5.41, 5.74) is 4.85. The topological polar surface area (TPSA) is 94.6 Å². The third-order valence-electron chi connectivity index (χ3n) is 4.78. The Morgan fingerprint density at radius 1 is 1.14 bits per heavy atom. The molecular weight excluding hydrogens is 364 g/mol. The smallest absolute Gasteiger partial charge is 0.166 e. The number of hydrogen-bond acceptors (Lipinski definition) is 6. The van der Waals surface area contributed by atoms with Crippen molar-refractivity contribution in [1.82, 2.24) is 20.1 Å². The van der Waals surface area contributed by atoms with Gasteiger partial charge in [0.25, 0.3) is 0 Å². The predicted octanol–water partition coefficient (Wildman–Crippen LogP) is 2.35. The lowest BCUT2D eigenvalue weighted by atomic mass is 10.1. The van der Waals surface area contributed by atoms with Gasteiger partial charge in [-0.1, -0.05) is 11.2 Å². The van der Waals surface area contributed by atoms with E-state index in [0.29, 0.717) is 17.9 Å². The van der Waals surface area contributed by atoms with Crippen LogP contribution < -0.4 is 15.5 Å². The highest BCUT2D eigenvalue weighted by atomic mass is 16.5. The van der Waals surface area contributed by atoms with Crippen molar-refractivity contribution < 1.29 is 4.52 Å². The number of aromatic nitrogens is 4. The number of benzene rings is 1. The molecule has 0 fully saturated rings. The molecule has 0 bridgehead atoms. The Balaban J connectivity index is 1.66. The highest BCUT2D eigenvalue weighted by Crippen LogP contribution is 2.32. The van der Waals surface area contributed by atoms with Gasteiger partial charge < -0.3 is 14.4 Å². The summed E-state index contributed by atoms with van der Waals surface area (Å²) >= 11 is 0. The minimum atomic E-state index is 0.610. The first kappa shape index (κ1) is 17.0. The first-order valence-corrected chi connectivity index (χ1v) is 9.15. The van der Waals surface area contributed by atoms with Crippen LogP contribution in [-0.4, -0.2) is 26.7 Å². The maximum atomic E-state index is 9.05. The van der Waals surface area contributed by atoms with Gasteiger partial charge in [0, 0.05) is 24.0 Å². The average Bonchev–Trinajstić information content (AvgIpc) is 3.40. The van der Waals surface area contributed by atoms with Crippen LogP contribution in [0.5, 0.6) is 0 Å². The van der Waals surface area contributed by atoms with Gasteiger partial charge in [0.05, 0.1) is 28.7 Å². The third-order valence-corrected chi connectivity index (χ3v) is 4.78. The monoisotopic (exact) mass is 380 g/mol. The Morgan fingerprint density at radius 3 is 2.79 bits per heavy atom. The number of nitrogens with zero attached hydrogens (tertiary/aromatic N) is 5. The molecule has 3 aromatic heterocycles. The van der Waals surface area contributed by atoms with Crippen LogP contribution in [-0.2, 0) is 0 Å². The van der Waals surface area contributed by atoms with Crippen LogP contribution in [0.25, 0.3) is 35.1 Å². The van der Waals surface area contributed by atoms with Crippen molar-refractivity contribution in [1.29, 1.82) is 5.26 Å². The van der Waals surface area contributed by atoms with E-state index in [2.05, 4.69) is 21.2 Å². The van der Waals surface area contributed by atoms with Crippen LogP contribution >= 0.6 is 0 Å². The second-order valence-corrected chi connectivity index (χ2v) is 6.77. The number of fused-ring (bicyclic) bond motifs is 1. The molecule has 0 saturated carbocycles. The van der Waals surface area contributed by atoms with Gasteiger partial charge in [-0.25, -0.2) is 4.98 Å². The van der Waals surface area contributed by atoms with E-state index in [1.807, 2.05) is 54.4 Å². The molecule has 0 atom stereocenters. The Morgan fingerprint density at radius 2 is 2.00 bits per heavy atom. The van der Waals surface area contributed by atoms with Crippen molar-refractivity contribution in [2.24, 2.45) is 0 Å². The molecule has 5 rings (SSSR count). The highest BCUT2D eigenvalue weighted by Gasteiger charge is 2.20. The second-order valence-electron chi connectivity index (χ2n) is 6.77. The van der Waals surface area contributed by atoms with E-state index >= 15 is 0 Å². The molecule has 4 aromatic rings. The highest BCUT2D eigenvalue weighted by molar-refractivity contribution is 5.79. The van der Waals surface area contributed by atoms with Gasteiger partial charge in [-0.2, -0.15) is 5.26 Å². The summed E-state index contributed by atoms with van der Waals surface area (Å²) in [6, 6.07) is 15.4. The van der Waals surface area contributed by atoms with Crippen LogP contribution in [0.3, 0.4) is 0 Å². The molecule has 29 heavy (non-hydrogen) atoms. The van der Waals surface area contributed by atoms with Crippen LogP contribution in [0.4, 0.5) is 5.82 Å². The van der Waals surface area contributed by atoms with Crippen LogP contribution in [0.15, 0.2) is 53.2 Å². The number of hydrogen-bond donors (Lipinski definition) is 1. The van der Waals surface area contributed by atoms with Crippen LogP contribution in [0, 0.1) is 18.3 Å². The van der Waals surface area contributed by atoms with Crippen molar-refractivity contribution >= 4 is 18.1 Å². The fourth-order valence-electron chi connectivity index (χ4n) is 3.33. The van der Waals surface area contributed by atoms with Gasteiger partial charge >= 0.3 is 0 Å². The number of pyridine rings is 1. The van der Waals surface area contributed by atoms with Crippen molar-refractivity contribution in [3.05, 3.63) is 70.6 Å². The normalized spacial score (nSPS) is 12.6. The van der Waals surface area contributed by atoms with Crippen molar-refractivity contribution in [2.45, 2.75) is 6.92 Å². The Labute approximate surface area is 166 Å². The maximum absolute atomic E-state index is 9.05. The standard InChI is InChI=1S/C22H16N6O/c1-14-3-2-4-18(25-14)20-22(28-10-9-19-17(13-28)12-24-29-19)27-21(26-20)16-7-5-15(11-23)6-8-16/h2-9,12-13H,10H2,1H3,(H,26,27). The molecule has 1 aromatic carbocycles. The first-order chi connectivity index (χ1) is 14.2. The molecule has 0 amide bonds. The van der Waals surface area contributed by atoms with E-state index < -0.39 is 0 Å². The number of nitriles is 1. The molecule has 0 aliphatic carbocycles. The summed E-state index contributed by atoms with van der Waals surface area (Å²) in [5, 5.41) is 13.8. The van der Waals surface area contributed by atoms with E-state index in [-0.39, 0.29) is 0 Å². The molecule has 1 aliphatic rings. The summed E-state index contributed by atoms with van der Waals surface area (Å²) in [6.07, 6.45) is 5.65. The minimum Gasteiger partial charge on any atom is -0.357 e. The lowest BCUT2D eigenvalue weighted by Gasteiger charge is -2.18. The molecule has 7 nitrogen and oxygen atoms in total. The van der Waals surface area contributed by atoms with E-state index in [1.54, 1.807) is 18.3 Å². The second kappa shape index (κ2) is 6.77. The van der Waals surface area contributed by atoms with Crippen molar-refractivity contribution in [3.8, 4) is 28.8 Å². The first-order valence-electron chi connectivity index (χ1n) is 9.15. The molecule has 140 valence electrons. The van der Waals surface area contributed by atoms with Crippen molar-refractivity contribution in [3.63, 3.8) is 0 Å². The lowest BCUT2D eigenvalue weighted by Crippen LogP contribution is -2.33. The summed E-state index contributed by atoms with van der Waals surface area (Å²) in [5.74, 6) is 1.48. The van der Waals surface area contributed by atoms with Crippen LogP contribution in [0.1, 0.15) is 11.3 Å². The molecule has 1 aliphatic heterocycles. The fraction of sp³-hybridized carbons (Fsp3) is 0.0909. The Bertz CT molecular complexity index is 1360. The third kappa shape index (κ3) is 3.07. The average molecular weight is 380 g/mol. The molecule has 0 radical (unpaired) electrons. The number of H-pyrrole nitrogens is 1. The predicted molar refractivity (Wildman–Crippen MR) is 109 cm³/mol. The lowest BCUT2D eigenvalue weighted by molar-refractivity contribution is 0.393. The maximum Gasteiger partial charge on any atom is 0.166 e. The van der Waals surface area contributed by atoms with Gasteiger partial charge in [0.2, 0.25) is 0 Å². The van der Waals surface area contributed by atoms with E-state index in [9.17, 15) is 0 Å². The largest absolute Gasteiger partial charge is 0.357 e. The molecule has 1 N–H and O–H groups in total. The summed E-state index contributed by atoms with van der Waals surface area (Å²) in [7, 11) is 0. The quantitative estimate of drug-likeness (QED) is 0.586. The minimum absolute atomic E-state index is 0.610. The number of imidazole rings is 1. The van der Waals surface area contributed by atoms with E-state index in [1.165, 1.54) is 0 Å².